The van der Waals surface area contributed by atoms with Crippen LogP contribution in [0.5, 0.6) is 5.75 Å². The monoisotopic (exact) mass is 236 g/mol. The predicted molar refractivity (Wildman–Crippen MR) is 71.5 cm³/mol. The van der Waals surface area contributed by atoms with E-state index in [2.05, 4.69) is 9.97 Å². The second-order valence-electron chi connectivity index (χ2n) is 4.02. The lowest BCUT2D eigenvalue weighted by molar-refractivity contribution is 0.415. The molecule has 1 aromatic carbocycles. The molecule has 3 aromatic rings. The molecule has 0 N–H and O–H groups in total. The van der Waals surface area contributed by atoms with Crippen molar-refractivity contribution in [2.75, 3.05) is 7.11 Å². The van der Waals surface area contributed by atoms with E-state index < -0.39 is 0 Å². The van der Waals surface area contributed by atoms with E-state index in [0.29, 0.717) is 0 Å². The molecule has 0 saturated heterocycles. The van der Waals surface area contributed by atoms with E-state index in [1.165, 1.54) is 0 Å². The quantitative estimate of drug-likeness (QED) is 0.684. The number of methoxy groups -OCH3 is 1. The molecule has 18 heavy (non-hydrogen) atoms. The smallest absolute Gasteiger partial charge is 0.118 e. The van der Waals surface area contributed by atoms with Crippen LogP contribution in [0, 0.1) is 0 Å². The Hall–Kier alpha value is -2.42. The first-order valence-corrected chi connectivity index (χ1v) is 5.71. The number of ether oxygens (including phenoxy) is 1. The Labute approximate surface area is 105 Å². The lowest BCUT2D eigenvalue weighted by Gasteiger charge is -2.04. The average Bonchev–Trinajstić information content (AvgIpc) is 2.47. The van der Waals surface area contributed by atoms with E-state index in [0.717, 1.165) is 27.8 Å². The summed E-state index contributed by atoms with van der Waals surface area (Å²) >= 11 is 0. The molecule has 0 aliphatic rings. The van der Waals surface area contributed by atoms with Crippen molar-refractivity contribution in [3.05, 3.63) is 55.0 Å². The number of nitrogens with zero attached hydrogens (tertiary/aromatic N) is 2. The SMILES string of the molecule is COc1ccc(-c2cc3cnccc3cn2)cc1. The molecule has 0 aliphatic heterocycles. The fourth-order valence-corrected chi connectivity index (χ4v) is 1.90. The van der Waals surface area contributed by atoms with Gasteiger partial charge in [0.1, 0.15) is 5.75 Å². The molecule has 88 valence electrons. The highest BCUT2D eigenvalue weighted by atomic mass is 16.5. The Morgan fingerprint density at radius 2 is 1.78 bits per heavy atom. The molecule has 0 aliphatic carbocycles. The predicted octanol–water partition coefficient (Wildman–Crippen LogP) is 3.31. The van der Waals surface area contributed by atoms with Crippen molar-refractivity contribution in [3.63, 3.8) is 0 Å². The Bertz CT molecular complexity index is 677. The van der Waals surface area contributed by atoms with Gasteiger partial charge in [0.15, 0.2) is 0 Å². The molecule has 2 aromatic heterocycles. The van der Waals surface area contributed by atoms with Gasteiger partial charge in [-0.25, -0.2) is 0 Å². The first-order chi connectivity index (χ1) is 8.86. The van der Waals surface area contributed by atoms with Crippen molar-refractivity contribution in [2.45, 2.75) is 0 Å². The topological polar surface area (TPSA) is 35.0 Å². The van der Waals surface area contributed by atoms with E-state index in [9.17, 15) is 0 Å². The Morgan fingerprint density at radius 3 is 2.56 bits per heavy atom. The summed E-state index contributed by atoms with van der Waals surface area (Å²) < 4.78 is 5.14. The number of fused-ring (bicyclic) bond motifs is 1. The van der Waals surface area contributed by atoms with E-state index in [4.69, 9.17) is 4.74 Å². The normalized spacial score (nSPS) is 10.5. The van der Waals surface area contributed by atoms with Gasteiger partial charge in [-0.1, -0.05) is 0 Å². The van der Waals surface area contributed by atoms with Gasteiger partial charge < -0.3 is 4.74 Å². The second kappa shape index (κ2) is 4.45. The Morgan fingerprint density at radius 1 is 0.944 bits per heavy atom. The van der Waals surface area contributed by atoms with Gasteiger partial charge in [0.25, 0.3) is 0 Å². The number of pyridine rings is 2. The van der Waals surface area contributed by atoms with Crippen LogP contribution in [0.1, 0.15) is 0 Å². The van der Waals surface area contributed by atoms with Gasteiger partial charge in [-0.3, -0.25) is 9.97 Å². The summed E-state index contributed by atoms with van der Waals surface area (Å²) in [4.78, 5) is 8.59. The van der Waals surface area contributed by atoms with Crippen molar-refractivity contribution in [1.82, 2.24) is 9.97 Å². The van der Waals surface area contributed by atoms with Gasteiger partial charge in [-0.2, -0.15) is 0 Å². The van der Waals surface area contributed by atoms with Crippen molar-refractivity contribution in [2.24, 2.45) is 0 Å². The van der Waals surface area contributed by atoms with Gasteiger partial charge in [0.2, 0.25) is 0 Å². The molecular formula is C15H12N2O. The maximum absolute atomic E-state index is 5.14. The van der Waals surface area contributed by atoms with Crippen LogP contribution in [-0.2, 0) is 0 Å². The third-order valence-electron chi connectivity index (χ3n) is 2.91. The number of aromatic nitrogens is 2. The van der Waals surface area contributed by atoms with Crippen LogP contribution < -0.4 is 4.74 Å². The molecule has 0 unspecified atom stereocenters. The van der Waals surface area contributed by atoms with Gasteiger partial charge >= 0.3 is 0 Å². The molecule has 3 nitrogen and oxygen atoms in total. The zero-order chi connectivity index (χ0) is 12.4. The maximum Gasteiger partial charge on any atom is 0.118 e. The van der Waals surface area contributed by atoms with E-state index in [1.807, 2.05) is 48.8 Å². The first-order valence-electron chi connectivity index (χ1n) is 5.71. The fourth-order valence-electron chi connectivity index (χ4n) is 1.90. The minimum Gasteiger partial charge on any atom is -0.497 e. The van der Waals surface area contributed by atoms with E-state index in [-0.39, 0.29) is 0 Å². The molecular weight excluding hydrogens is 224 g/mol. The summed E-state index contributed by atoms with van der Waals surface area (Å²) in [5.41, 5.74) is 2.01. The lowest BCUT2D eigenvalue weighted by atomic mass is 10.1. The zero-order valence-electron chi connectivity index (χ0n) is 10.00. The fraction of sp³-hybridized carbons (Fsp3) is 0.0667. The highest BCUT2D eigenvalue weighted by Crippen LogP contribution is 2.23. The van der Waals surface area contributed by atoms with Crippen LogP contribution in [-0.4, -0.2) is 17.1 Å². The van der Waals surface area contributed by atoms with Crippen LogP contribution in [0.2, 0.25) is 0 Å². The number of hydrogen-bond donors (Lipinski definition) is 0. The maximum atomic E-state index is 5.14. The number of rotatable bonds is 2. The van der Waals surface area contributed by atoms with E-state index >= 15 is 0 Å². The molecule has 3 heteroatoms. The summed E-state index contributed by atoms with van der Waals surface area (Å²) in [5, 5.41) is 2.19. The summed E-state index contributed by atoms with van der Waals surface area (Å²) in [6.45, 7) is 0. The molecule has 2 heterocycles. The summed E-state index contributed by atoms with van der Waals surface area (Å²) in [6, 6.07) is 11.9. The minimum atomic E-state index is 0.848. The van der Waals surface area contributed by atoms with Crippen LogP contribution in [0.25, 0.3) is 22.0 Å². The Kier molecular flexibility index (Phi) is 2.65. The van der Waals surface area contributed by atoms with Gasteiger partial charge in [-0.15, -0.1) is 0 Å². The van der Waals surface area contributed by atoms with Crippen LogP contribution in [0.4, 0.5) is 0 Å². The van der Waals surface area contributed by atoms with Crippen LogP contribution >= 0.6 is 0 Å². The largest absolute Gasteiger partial charge is 0.497 e. The highest BCUT2D eigenvalue weighted by Gasteiger charge is 2.01. The lowest BCUT2D eigenvalue weighted by Crippen LogP contribution is -1.86. The first kappa shape index (κ1) is 10.7. The van der Waals surface area contributed by atoms with Crippen LogP contribution in [0.3, 0.4) is 0 Å². The molecule has 0 bridgehead atoms. The van der Waals surface area contributed by atoms with E-state index in [1.54, 1.807) is 13.3 Å². The molecule has 0 atom stereocenters. The summed E-state index contributed by atoms with van der Waals surface area (Å²) in [7, 11) is 1.66. The van der Waals surface area contributed by atoms with Gasteiger partial charge in [0.05, 0.1) is 12.8 Å². The third kappa shape index (κ3) is 1.91. The molecule has 3 rings (SSSR count). The molecule has 0 spiro atoms. The van der Waals surface area contributed by atoms with Crippen LogP contribution in [0.15, 0.2) is 55.0 Å². The average molecular weight is 236 g/mol. The summed E-state index contributed by atoms with van der Waals surface area (Å²) in [5.74, 6) is 0.848. The number of benzene rings is 1. The Balaban J connectivity index is 2.07. The van der Waals surface area contributed by atoms with Crippen molar-refractivity contribution >= 4 is 10.8 Å². The molecule has 0 saturated carbocycles. The highest BCUT2D eigenvalue weighted by molar-refractivity contribution is 5.84. The minimum absolute atomic E-state index is 0.848. The van der Waals surface area contributed by atoms with Crippen molar-refractivity contribution < 1.29 is 4.74 Å². The second-order valence-corrected chi connectivity index (χ2v) is 4.02. The standard InChI is InChI=1S/C15H12N2O/c1-18-14-4-2-11(3-5-14)15-8-13-9-16-7-6-12(13)10-17-15/h2-10H,1H3. The van der Waals surface area contributed by atoms with Gasteiger partial charge in [0, 0.05) is 34.9 Å². The van der Waals surface area contributed by atoms with Crippen molar-refractivity contribution in [3.8, 4) is 17.0 Å². The molecule has 0 radical (unpaired) electrons. The van der Waals surface area contributed by atoms with Crippen molar-refractivity contribution in [1.29, 1.82) is 0 Å². The summed E-state index contributed by atoms with van der Waals surface area (Å²) in [6.07, 6.45) is 5.50. The van der Waals surface area contributed by atoms with Gasteiger partial charge in [-0.05, 0) is 36.4 Å². The molecule has 0 amide bonds. The zero-order valence-corrected chi connectivity index (χ0v) is 10.00. The number of hydrogen-bond acceptors (Lipinski definition) is 3. The third-order valence-corrected chi connectivity index (χ3v) is 2.91. The molecule has 0 fully saturated rings.